The van der Waals surface area contributed by atoms with Gasteiger partial charge in [0, 0.05) is 19.6 Å². The molecular weight excluding hydrogens is 245 g/mol. The van der Waals surface area contributed by atoms with Crippen LogP contribution in [0.1, 0.15) is 0 Å². The number of carbonyl (C=O) groups excluding carboxylic acids is 3. The molecule has 0 rings (SSSR count). The number of carboxylic acids is 3. The number of carboxylic acid groups (broad SMARTS) is 3. The Labute approximate surface area is 138 Å². The molecule has 0 saturated heterocycles. The fourth-order valence-electron chi connectivity index (χ4n) is 0.715. The minimum absolute atomic E-state index is 0. The van der Waals surface area contributed by atoms with Gasteiger partial charge in [-0.3, -0.25) is 4.90 Å². The molecule has 0 saturated carbocycles. The van der Waals surface area contributed by atoms with Crippen molar-refractivity contribution in [3.63, 3.8) is 0 Å². The third-order valence-electron chi connectivity index (χ3n) is 1.06. The molecule has 7 nitrogen and oxygen atoms in total. The molecule has 0 aromatic heterocycles. The number of hydrogen-bond acceptors (Lipinski definition) is 7. The molecule has 0 aliphatic rings. The van der Waals surface area contributed by atoms with Crippen LogP contribution in [0, 0.1) is 0 Å². The van der Waals surface area contributed by atoms with Crippen LogP contribution in [0.5, 0.6) is 0 Å². The first kappa shape index (κ1) is 21.0. The Kier molecular flexibility index (Phi) is 15.6. The van der Waals surface area contributed by atoms with E-state index in [1.807, 2.05) is 0 Å². The van der Waals surface area contributed by atoms with Gasteiger partial charge in [-0.1, -0.05) is 0 Å². The van der Waals surface area contributed by atoms with Gasteiger partial charge in [0.1, 0.15) is 0 Å². The van der Waals surface area contributed by atoms with Crippen molar-refractivity contribution in [2.24, 2.45) is 0 Å². The second-order valence-corrected chi connectivity index (χ2v) is 2.26. The van der Waals surface area contributed by atoms with Crippen LogP contribution < -0.4 is 44.9 Å². The summed E-state index contributed by atoms with van der Waals surface area (Å²) in [6.07, 6.45) is 0. The van der Waals surface area contributed by atoms with Crippen molar-refractivity contribution in [3.8, 4) is 0 Å². The van der Waals surface area contributed by atoms with Gasteiger partial charge in [-0.15, -0.1) is 0 Å². The molecule has 0 unspecified atom stereocenters. The molecule has 0 aromatic carbocycles. The van der Waals surface area contributed by atoms with E-state index in [0.29, 0.717) is 4.90 Å². The van der Waals surface area contributed by atoms with Crippen LogP contribution >= 0.6 is 0 Å². The molecule has 0 amide bonds. The monoisotopic (exact) mass is 251 g/mol. The van der Waals surface area contributed by atoms with E-state index in [0.717, 1.165) is 0 Å². The molecule has 0 spiro atoms. The van der Waals surface area contributed by atoms with E-state index in [4.69, 9.17) is 0 Å². The van der Waals surface area contributed by atoms with Crippen LogP contribution in [-0.4, -0.2) is 80.2 Å². The third kappa shape index (κ3) is 14.6. The summed E-state index contributed by atoms with van der Waals surface area (Å²) in [7, 11) is 0. The van der Waals surface area contributed by atoms with E-state index in [-0.39, 0.29) is 67.3 Å². The van der Waals surface area contributed by atoms with Crippen molar-refractivity contribution < 1.29 is 59.3 Å². The van der Waals surface area contributed by atoms with Gasteiger partial charge >= 0.3 is 67.3 Å². The predicted molar refractivity (Wildman–Crippen MR) is 37.2 cm³/mol. The zero-order valence-electron chi connectivity index (χ0n) is 8.23. The van der Waals surface area contributed by atoms with Crippen molar-refractivity contribution in [2.75, 3.05) is 19.6 Å². The minimum Gasteiger partial charge on any atom is -0.549 e. The minimum atomic E-state index is -1.57. The first-order chi connectivity index (χ1) is 5.91. The Morgan fingerprint density at radius 1 is 0.800 bits per heavy atom. The second-order valence-electron chi connectivity index (χ2n) is 2.26. The standard InChI is InChI=1S/C6H9NO6.Ca.Na/c8-4(9)1-7(2-5(10)11)3-6(12)13;;/h1-3H2,(H,8,9)(H,10,11)(H,12,13);;/q;+2;+1/p-3. The molecule has 0 bridgehead atoms. The number of nitrogens with zero attached hydrogens (tertiary/aromatic N) is 1. The van der Waals surface area contributed by atoms with Crippen LogP contribution in [0.3, 0.4) is 0 Å². The molecule has 0 aliphatic heterocycles. The molecule has 0 radical (unpaired) electrons. The van der Waals surface area contributed by atoms with Crippen LogP contribution in [0.15, 0.2) is 0 Å². The van der Waals surface area contributed by atoms with Gasteiger partial charge in [-0.05, 0) is 0 Å². The Morgan fingerprint density at radius 2 is 1.00 bits per heavy atom. The number of rotatable bonds is 6. The van der Waals surface area contributed by atoms with Crippen molar-refractivity contribution in [1.82, 2.24) is 4.90 Å². The zero-order chi connectivity index (χ0) is 10.4. The van der Waals surface area contributed by atoms with Crippen LogP contribution in [0.4, 0.5) is 0 Å². The summed E-state index contributed by atoms with van der Waals surface area (Å²) >= 11 is 0. The second kappa shape index (κ2) is 11.1. The van der Waals surface area contributed by atoms with Gasteiger partial charge in [0.25, 0.3) is 0 Å². The third-order valence-corrected chi connectivity index (χ3v) is 1.06. The van der Waals surface area contributed by atoms with Gasteiger partial charge in [0.2, 0.25) is 0 Å². The first-order valence-electron chi connectivity index (χ1n) is 3.23. The van der Waals surface area contributed by atoms with Crippen LogP contribution in [0.25, 0.3) is 0 Å². The van der Waals surface area contributed by atoms with Crippen molar-refractivity contribution in [1.29, 1.82) is 0 Å². The molecule has 9 heteroatoms. The van der Waals surface area contributed by atoms with Gasteiger partial charge in [0.15, 0.2) is 0 Å². The molecule has 0 atom stereocenters. The van der Waals surface area contributed by atoms with Gasteiger partial charge in [-0.25, -0.2) is 0 Å². The SMILES string of the molecule is O=C([O-])CN(CC(=O)[O-])CC(=O)[O-].[Ca+2].[Na+]. The quantitative estimate of drug-likeness (QED) is 0.429. The Bertz CT molecular complexity index is 198. The number of aliphatic carboxylic acids is 3. The van der Waals surface area contributed by atoms with E-state index in [2.05, 4.69) is 0 Å². The summed E-state index contributed by atoms with van der Waals surface area (Å²) in [6.45, 7) is -2.37. The average molecular weight is 251 g/mol. The maximum absolute atomic E-state index is 9.99. The van der Waals surface area contributed by atoms with Gasteiger partial charge in [0.05, 0.1) is 17.9 Å². The molecule has 15 heavy (non-hydrogen) atoms. The van der Waals surface area contributed by atoms with E-state index >= 15 is 0 Å². The smallest absolute Gasteiger partial charge is 0.549 e. The summed E-state index contributed by atoms with van der Waals surface area (Å²) in [6, 6.07) is 0. The molecule has 0 fully saturated rings. The molecule has 0 aromatic rings. The fraction of sp³-hybridized carbons (Fsp3) is 0.500. The molecule has 0 N–H and O–H groups in total. The summed E-state index contributed by atoms with van der Waals surface area (Å²) in [5.74, 6) is -4.70. The fourth-order valence-corrected chi connectivity index (χ4v) is 0.715. The maximum Gasteiger partial charge on any atom is 2.00 e. The molecular formula is C6H6CaNNaO6. The largest absolute Gasteiger partial charge is 2.00 e. The van der Waals surface area contributed by atoms with Gasteiger partial charge < -0.3 is 29.7 Å². The van der Waals surface area contributed by atoms with Crippen LogP contribution in [0.2, 0.25) is 0 Å². The zero-order valence-corrected chi connectivity index (χ0v) is 12.4. The average Bonchev–Trinajstić information content (AvgIpc) is 1.80. The van der Waals surface area contributed by atoms with Crippen molar-refractivity contribution >= 4 is 55.6 Å². The number of hydrogen-bond donors (Lipinski definition) is 0. The molecule has 74 valence electrons. The predicted octanol–water partition coefficient (Wildman–Crippen LogP) is -8.84. The Morgan fingerprint density at radius 3 is 1.13 bits per heavy atom. The van der Waals surface area contributed by atoms with Crippen molar-refractivity contribution in [3.05, 3.63) is 0 Å². The van der Waals surface area contributed by atoms with E-state index in [9.17, 15) is 29.7 Å². The summed E-state index contributed by atoms with van der Waals surface area (Å²) in [5, 5.41) is 30.0. The van der Waals surface area contributed by atoms with E-state index in [1.165, 1.54) is 0 Å². The van der Waals surface area contributed by atoms with E-state index in [1.54, 1.807) is 0 Å². The normalized spacial score (nSPS) is 8.60. The Hall–Kier alpha value is 0.630. The van der Waals surface area contributed by atoms with Crippen LogP contribution in [-0.2, 0) is 14.4 Å². The number of carbonyl (C=O) groups is 3. The van der Waals surface area contributed by atoms with Crippen molar-refractivity contribution in [2.45, 2.75) is 0 Å². The summed E-state index contributed by atoms with van der Waals surface area (Å²) < 4.78 is 0. The van der Waals surface area contributed by atoms with E-state index < -0.39 is 37.5 Å². The van der Waals surface area contributed by atoms with Gasteiger partial charge in [-0.2, -0.15) is 0 Å². The maximum atomic E-state index is 9.99. The summed E-state index contributed by atoms with van der Waals surface area (Å²) in [5.41, 5.74) is 0. The molecule has 0 heterocycles. The molecule has 0 aliphatic carbocycles. The summed E-state index contributed by atoms with van der Waals surface area (Å²) in [4.78, 5) is 30.6. The topological polar surface area (TPSA) is 124 Å². The Balaban J connectivity index is -0.000000720. The first-order valence-corrected chi connectivity index (χ1v) is 3.23.